The minimum Gasteiger partial charge on any atom is -0.338 e. The maximum absolute atomic E-state index is 13.0. The minimum atomic E-state index is -0.132. The second kappa shape index (κ2) is 9.41. The summed E-state index contributed by atoms with van der Waals surface area (Å²) in [5, 5.41) is 0. The van der Waals surface area contributed by atoms with Crippen LogP contribution in [-0.4, -0.2) is 47.2 Å². The molecule has 0 saturated carbocycles. The number of hydrogen-bond donors (Lipinski definition) is 1. The zero-order chi connectivity index (χ0) is 20.4. The summed E-state index contributed by atoms with van der Waals surface area (Å²) in [4.78, 5) is 39.7. The van der Waals surface area contributed by atoms with Crippen molar-refractivity contribution in [1.29, 1.82) is 0 Å². The molecule has 3 amide bonds. The summed E-state index contributed by atoms with van der Waals surface area (Å²) in [6, 6.07) is 17.4. The van der Waals surface area contributed by atoms with Gasteiger partial charge in [-0.05, 0) is 35.7 Å². The number of rotatable bonds is 5. The van der Waals surface area contributed by atoms with Gasteiger partial charge in [-0.1, -0.05) is 42.5 Å². The molecule has 4 rings (SSSR count). The lowest BCUT2D eigenvalue weighted by molar-refractivity contribution is -0.139. The predicted molar refractivity (Wildman–Crippen MR) is 116 cm³/mol. The lowest BCUT2D eigenvalue weighted by atomic mass is 9.89. The Morgan fingerprint density at radius 3 is 2.17 bits per heavy atom. The van der Waals surface area contributed by atoms with Gasteiger partial charge in [0, 0.05) is 37.4 Å². The third-order valence-electron chi connectivity index (χ3n) is 5.96. The highest BCUT2D eigenvalue weighted by molar-refractivity contribution is 6.01. The summed E-state index contributed by atoms with van der Waals surface area (Å²) in [5.74, 6) is 0.213. The van der Waals surface area contributed by atoms with E-state index in [1.165, 1.54) is 10.5 Å². The van der Waals surface area contributed by atoms with Gasteiger partial charge >= 0.3 is 0 Å². The highest BCUT2D eigenvalue weighted by Crippen LogP contribution is 2.32. The van der Waals surface area contributed by atoms with Crippen molar-refractivity contribution >= 4 is 30.1 Å². The Morgan fingerprint density at radius 1 is 0.933 bits per heavy atom. The van der Waals surface area contributed by atoms with E-state index in [-0.39, 0.29) is 61.4 Å². The number of carbonyl (C=O) groups is 3. The van der Waals surface area contributed by atoms with E-state index in [1.54, 1.807) is 12.1 Å². The first kappa shape index (κ1) is 22.0. The Balaban J connectivity index is 0.00000256. The van der Waals surface area contributed by atoms with Crippen LogP contribution in [0.15, 0.2) is 54.6 Å². The molecule has 0 aliphatic carbocycles. The average Bonchev–Trinajstić information content (AvgIpc) is 3.33. The standard InChI is InChI=1S/C23H25N3O3.ClH/c24-12-19-14-25(15-20(19)17-4-2-1-3-5-17)23(29)18-8-6-16(7-9-18)13-26-21(27)10-11-22(26)28;/h1-9,19-20H,10-15,24H2;1H/t19-,20+;/m1./s1. The molecular weight excluding hydrogens is 402 g/mol. The maximum atomic E-state index is 13.0. The number of amides is 3. The lowest BCUT2D eigenvalue weighted by Gasteiger charge is -2.18. The van der Waals surface area contributed by atoms with E-state index < -0.39 is 0 Å². The molecule has 2 saturated heterocycles. The number of nitrogens with zero attached hydrogens (tertiary/aromatic N) is 2. The Morgan fingerprint density at radius 2 is 1.57 bits per heavy atom. The monoisotopic (exact) mass is 427 g/mol. The van der Waals surface area contributed by atoms with Gasteiger partial charge in [0.2, 0.25) is 11.8 Å². The molecule has 2 fully saturated rings. The lowest BCUT2D eigenvalue weighted by Crippen LogP contribution is -2.30. The molecule has 2 atom stereocenters. The minimum absolute atomic E-state index is 0. The Hall–Kier alpha value is -2.70. The molecular formula is C23H26ClN3O3. The van der Waals surface area contributed by atoms with Crippen molar-refractivity contribution in [1.82, 2.24) is 9.80 Å². The highest BCUT2D eigenvalue weighted by Gasteiger charge is 2.35. The van der Waals surface area contributed by atoms with Crippen LogP contribution in [0.4, 0.5) is 0 Å². The van der Waals surface area contributed by atoms with E-state index in [0.29, 0.717) is 25.2 Å². The Labute approximate surface area is 182 Å². The number of nitrogens with two attached hydrogens (primary N) is 1. The van der Waals surface area contributed by atoms with Crippen LogP contribution >= 0.6 is 12.4 Å². The van der Waals surface area contributed by atoms with Crippen LogP contribution in [0.3, 0.4) is 0 Å². The molecule has 0 bridgehead atoms. The molecule has 0 spiro atoms. The van der Waals surface area contributed by atoms with Gasteiger partial charge in [0.05, 0.1) is 6.54 Å². The molecule has 30 heavy (non-hydrogen) atoms. The number of hydrogen-bond acceptors (Lipinski definition) is 4. The summed E-state index contributed by atoms with van der Waals surface area (Å²) in [7, 11) is 0. The normalized spacial score (nSPS) is 21.1. The number of benzene rings is 2. The van der Waals surface area contributed by atoms with Crippen LogP contribution in [-0.2, 0) is 16.1 Å². The molecule has 2 aromatic carbocycles. The molecule has 7 heteroatoms. The van der Waals surface area contributed by atoms with E-state index in [9.17, 15) is 14.4 Å². The topological polar surface area (TPSA) is 83.7 Å². The third kappa shape index (κ3) is 4.40. The summed E-state index contributed by atoms with van der Waals surface area (Å²) in [6.45, 7) is 2.11. The van der Waals surface area contributed by atoms with Crippen LogP contribution < -0.4 is 5.73 Å². The van der Waals surface area contributed by atoms with Gasteiger partial charge in [-0.25, -0.2) is 0 Å². The number of halogens is 1. The van der Waals surface area contributed by atoms with Crippen LogP contribution in [0.2, 0.25) is 0 Å². The first-order valence-electron chi connectivity index (χ1n) is 10.0. The van der Waals surface area contributed by atoms with Gasteiger partial charge < -0.3 is 10.6 Å². The molecule has 0 radical (unpaired) electrons. The van der Waals surface area contributed by atoms with Crippen molar-refractivity contribution in [3.63, 3.8) is 0 Å². The SMILES string of the molecule is Cl.NC[C@@H]1CN(C(=O)c2ccc(CN3C(=O)CCC3=O)cc2)C[C@H]1c1ccccc1. The largest absolute Gasteiger partial charge is 0.338 e. The van der Waals surface area contributed by atoms with E-state index in [4.69, 9.17) is 5.73 Å². The van der Waals surface area contributed by atoms with Gasteiger partial charge in [0.15, 0.2) is 0 Å². The molecule has 158 valence electrons. The van der Waals surface area contributed by atoms with Crippen LogP contribution in [0, 0.1) is 5.92 Å². The second-order valence-electron chi connectivity index (χ2n) is 7.79. The van der Waals surface area contributed by atoms with Crippen LogP contribution in [0.5, 0.6) is 0 Å². The van der Waals surface area contributed by atoms with Crippen LogP contribution in [0.25, 0.3) is 0 Å². The second-order valence-corrected chi connectivity index (χ2v) is 7.79. The van der Waals surface area contributed by atoms with Crippen molar-refractivity contribution < 1.29 is 14.4 Å². The summed E-state index contributed by atoms with van der Waals surface area (Å²) >= 11 is 0. The third-order valence-corrected chi connectivity index (χ3v) is 5.96. The smallest absolute Gasteiger partial charge is 0.253 e. The van der Waals surface area contributed by atoms with Gasteiger partial charge in [-0.3, -0.25) is 19.3 Å². The van der Waals surface area contributed by atoms with Crippen molar-refractivity contribution in [2.45, 2.75) is 25.3 Å². The van der Waals surface area contributed by atoms with E-state index >= 15 is 0 Å². The highest BCUT2D eigenvalue weighted by atomic mass is 35.5. The van der Waals surface area contributed by atoms with Gasteiger partial charge in [0.25, 0.3) is 5.91 Å². The molecule has 2 heterocycles. The fraction of sp³-hybridized carbons (Fsp3) is 0.348. The van der Waals surface area contributed by atoms with Crippen molar-refractivity contribution in [2.75, 3.05) is 19.6 Å². The van der Waals surface area contributed by atoms with Crippen LogP contribution in [0.1, 0.15) is 40.2 Å². The fourth-order valence-corrected chi connectivity index (χ4v) is 4.27. The fourth-order valence-electron chi connectivity index (χ4n) is 4.27. The number of imide groups is 1. The van der Waals surface area contributed by atoms with Crippen molar-refractivity contribution in [3.8, 4) is 0 Å². The van der Waals surface area contributed by atoms with Gasteiger partial charge in [0.1, 0.15) is 0 Å². The molecule has 0 unspecified atom stereocenters. The zero-order valence-corrected chi connectivity index (χ0v) is 17.5. The van der Waals surface area contributed by atoms with E-state index in [1.807, 2.05) is 35.2 Å². The summed E-state index contributed by atoms with van der Waals surface area (Å²) < 4.78 is 0. The molecule has 2 aromatic rings. The predicted octanol–water partition coefficient (Wildman–Crippen LogP) is 2.57. The average molecular weight is 428 g/mol. The molecule has 2 aliphatic heterocycles. The number of carbonyl (C=O) groups excluding carboxylic acids is 3. The molecule has 2 aliphatic rings. The summed E-state index contributed by atoms with van der Waals surface area (Å²) in [5.41, 5.74) is 8.65. The summed E-state index contributed by atoms with van der Waals surface area (Å²) in [6.07, 6.45) is 0.574. The first-order chi connectivity index (χ1) is 14.1. The Bertz CT molecular complexity index is 901. The zero-order valence-electron chi connectivity index (χ0n) is 16.7. The van der Waals surface area contributed by atoms with Gasteiger partial charge in [-0.15, -0.1) is 12.4 Å². The quantitative estimate of drug-likeness (QED) is 0.743. The van der Waals surface area contributed by atoms with Crippen molar-refractivity contribution in [2.24, 2.45) is 11.7 Å². The molecule has 6 nitrogen and oxygen atoms in total. The molecule has 2 N–H and O–H groups in total. The van der Waals surface area contributed by atoms with E-state index in [0.717, 1.165) is 5.56 Å². The van der Waals surface area contributed by atoms with Gasteiger partial charge in [-0.2, -0.15) is 0 Å². The number of likely N-dealkylation sites (tertiary alicyclic amines) is 2. The maximum Gasteiger partial charge on any atom is 0.253 e. The van der Waals surface area contributed by atoms with Crippen molar-refractivity contribution in [3.05, 3.63) is 71.3 Å². The van der Waals surface area contributed by atoms with E-state index in [2.05, 4.69) is 12.1 Å². The Kier molecular flexibility index (Phi) is 6.90. The first-order valence-corrected chi connectivity index (χ1v) is 10.0. The molecule has 0 aromatic heterocycles.